The third-order valence-electron chi connectivity index (χ3n) is 3.32. The Morgan fingerprint density at radius 3 is 2.69 bits per heavy atom. The van der Waals surface area contributed by atoms with Crippen LogP contribution in [0.3, 0.4) is 0 Å². The highest BCUT2D eigenvalue weighted by Crippen LogP contribution is 2.51. The Hall–Kier alpha value is -1.32. The number of nitrogens with zero attached hydrogens (tertiary/aromatic N) is 2. The molecule has 1 aliphatic carbocycles. The van der Waals surface area contributed by atoms with E-state index in [-0.39, 0.29) is 0 Å². The summed E-state index contributed by atoms with van der Waals surface area (Å²) >= 11 is 0. The summed E-state index contributed by atoms with van der Waals surface area (Å²) < 4.78 is 0. The standard InChI is InChI=1S/C12H20N4/c1-8-5-10(16-11(13-4)15-8)14-7-9-6-12(9,2)3/h5,9H,6-7H2,1-4H3,(H2,13,14,15,16). The van der Waals surface area contributed by atoms with E-state index in [4.69, 9.17) is 0 Å². The second-order valence-electron chi connectivity index (χ2n) is 5.24. The Labute approximate surface area is 96.9 Å². The molecule has 0 bridgehead atoms. The fraction of sp³-hybridized carbons (Fsp3) is 0.667. The van der Waals surface area contributed by atoms with Crippen LogP contribution in [0.15, 0.2) is 6.07 Å². The van der Waals surface area contributed by atoms with E-state index in [2.05, 4.69) is 34.4 Å². The summed E-state index contributed by atoms with van der Waals surface area (Å²) in [5.41, 5.74) is 1.50. The fourth-order valence-electron chi connectivity index (χ4n) is 1.92. The molecule has 2 N–H and O–H groups in total. The third-order valence-corrected chi connectivity index (χ3v) is 3.32. The molecule has 1 atom stereocenters. The van der Waals surface area contributed by atoms with Gasteiger partial charge >= 0.3 is 0 Å². The molecule has 0 saturated heterocycles. The number of hydrogen-bond donors (Lipinski definition) is 2. The SMILES string of the molecule is CNc1nc(C)cc(NCC2CC2(C)C)n1. The van der Waals surface area contributed by atoms with Crippen molar-refractivity contribution in [3.8, 4) is 0 Å². The van der Waals surface area contributed by atoms with Crippen LogP contribution in [0.4, 0.5) is 11.8 Å². The summed E-state index contributed by atoms with van der Waals surface area (Å²) in [6, 6.07) is 1.98. The van der Waals surface area contributed by atoms with Crippen molar-refractivity contribution in [2.45, 2.75) is 27.2 Å². The molecule has 1 unspecified atom stereocenters. The highest BCUT2D eigenvalue weighted by molar-refractivity contribution is 5.42. The molecule has 16 heavy (non-hydrogen) atoms. The summed E-state index contributed by atoms with van der Waals surface area (Å²) in [4.78, 5) is 8.63. The van der Waals surface area contributed by atoms with Crippen molar-refractivity contribution in [2.75, 3.05) is 24.2 Å². The first-order valence-electron chi connectivity index (χ1n) is 5.78. The van der Waals surface area contributed by atoms with E-state index in [0.29, 0.717) is 11.4 Å². The van der Waals surface area contributed by atoms with Crippen LogP contribution in [-0.2, 0) is 0 Å². The molecule has 1 fully saturated rings. The van der Waals surface area contributed by atoms with Gasteiger partial charge in [-0.3, -0.25) is 0 Å². The van der Waals surface area contributed by atoms with Crippen molar-refractivity contribution in [2.24, 2.45) is 11.3 Å². The zero-order chi connectivity index (χ0) is 11.8. The van der Waals surface area contributed by atoms with Gasteiger partial charge in [0.25, 0.3) is 0 Å². The predicted octanol–water partition coefficient (Wildman–Crippen LogP) is 2.28. The van der Waals surface area contributed by atoms with Crippen LogP contribution in [0.25, 0.3) is 0 Å². The van der Waals surface area contributed by atoms with E-state index in [1.165, 1.54) is 6.42 Å². The van der Waals surface area contributed by atoms with Gasteiger partial charge in [0.05, 0.1) is 0 Å². The number of hydrogen-bond acceptors (Lipinski definition) is 4. The molecule has 88 valence electrons. The molecule has 2 rings (SSSR count). The van der Waals surface area contributed by atoms with Crippen LogP contribution in [0.2, 0.25) is 0 Å². The smallest absolute Gasteiger partial charge is 0.224 e. The van der Waals surface area contributed by atoms with Crippen molar-refractivity contribution in [1.29, 1.82) is 0 Å². The van der Waals surface area contributed by atoms with Crippen molar-refractivity contribution in [3.63, 3.8) is 0 Å². The number of rotatable bonds is 4. The average molecular weight is 220 g/mol. The first kappa shape index (κ1) is 11.2. The minimum Gasteiger partial charge on any atom is -0.370 e. The second kappa shape index (κ2) is 3.92. The van der Waals surface area contributed by atoms with Gasteiger partial charge in [-0.2, -0.15) is 4.98 Å². The molecule has 1 aliphatic rings. The van der Waals surface area contributed by atoms with Gasteiger partial charge in [-0.05, 0) is 24.7 Å². The molecule has 1 saturated carbocycles. The molecule has 0 aliphatic heterocycles. The number of aryl methyl sites for hydroxylation is 1. The molecule has 0 aromatic carbocycles. The summed E-state index contributed by atoms with van der Waals surface area (Å²) in [6.07, 6.45) is 1.31. The largest absolute Gasteiger partial charge is 0.370 e. The Bertz CT molecular complexity index is 387. The van der Waals surface area contributed by atoms with Gasteiger partial charge in [-0.25, -0.2) is 4.98 Å². The fourth-order valence-corrected chi connectivity index (χ4v) is 1.92. The van der Waals surface area contributed by atoms with Crippen molar-refractivity contribution < 1.29 is 0 Å². The molecule has 4 heteroatoms. The predicted molar refractivity (Wildman–Crippen MR) is 66.7 cm³/mol. The molecule has 0 spiro atoms. The van der Waals surface area contributed by atoms with E-state index >= 15 is 0 Å². The number of nitrogens with one attached hydrogen (secondary N) is 2. The van der Waals surface area contributed by atoms with Crippen molar-refractivity contribution in [1.82, 2.24) is 9.97 Å². The van der Waals surface area contributed by atoms with Gasteiger partial charge in [0.1, 0.15) is 5.82 Å². The molecule has 1 aromatic heterocycles. The molecule has 4 nitrogen and oxygen atoms in total. The van der Waals surface area contributed by atoms with Crippen LogP contribution in [0.5, 0.6) is 0 Å². The quantitative estimate of drug-likeness (QED) is 0.817. The lowest BCUT2D eigenvalue weighted by molar-refractivity contribution is 0.573. The van der Waals surface area contributed by atoms with Crippen LogP contribution in [0.1, 0.15) is 26.0 Å². The summed E-state index contributed by atoms with van der Waals surface area (Å²) in [5.74, 6) is 2.37. The average Bonchev–Trinajstić information content (AvgIpc) is 2.83. The third kappa shape index (κ3) is 2.43. The number of aromatic nitrogens is 2. The van der Waals surface area contributed by atoms with Gasteiger partial charge in [-0.1, -0.05) is 13.8 Å². The van der Waals surface area contributed by atoms with E-state index in [1.54, 1.807) is 0 Å². The molecular formula is C12H20N4. The second-order valence-corrected chi connectivity index (χ2v) is 5.24. The Balaban J connectivity index is 1.96. The van der Waals surface area contributed by atoms with Gasteiger partial charge in [0, 0.05) is 25.4 Å². The Morgan fingerprint density at radius 2 is 2.12 bits per heavy atom. The number of anilines is 2. The van der Waals surface area contributed by atoms with Gasteiger partial charge in [0.2, 0.25) is 5.95 Å². The molecule has 1 heterocycles. The lowest BCUT2D eigenvalue weighted by atomic mass is 10.1. The monoisotopic (exact) mass is 220 g/mol. The first-order chi connectivity index (χ1) is 7.51. The molecule has 0 amide bonds. The van der Waals surface area contributed by atoms with Crippen molar-refractivity contribution in [3.05, 3.63) is 11.8 Å². The highest BCUT2D eigenvalue weighted by Gasteiger charge is 2.44. The van der Waals surface area contributed by atoms with Crippen LogP contribution < -0.4 is 10.6 Å². The Morgan fingerprint density at radius 1 is 1.44 bits per heavy atom. The maximum Gasteiger partial charge on any atom is 0.224 e. The maximum atomic E-state index is 4.37. The van der Waals surface area contributed by atoms with Crippen LogP contribution >= 0.6 is 0 Å². The summed E-state index contributed by atoms with van der Waals surface area (Å²) in [5, 5.41) is 6.35. The van der Waals surface area contributed by atoms with E-state index < -0.39 is 0 Å². The molecular weight excluding hydrogens is 200 g/mol. The van der Waals surface area contributed by atoms with Gasteiger partial charge in [0.15, 0.2) is 0 Å². The minimum atomic E-state index is 0.515. The summed E-state index contributed by atoms with van der Waals surface area (Å²) in [6.45, 7) is 7.61. The van der Waals surface area contributed by atoms with Crippen LogP contribution in [0, 0.1) is 18.3 Å². The molecule has 0 radical (unpaired) electrons. The Kier molecular flexibility index (Phi) is 2.74. The lowest BCUT2D eigenvalue weighted by Gasteiger charge is -2.09. The topological polar surface area (TPSA) is 49.8 Å². The van der Waals surface area contributed by atoms with Gasteiger partial charge < -0.3 is 10.6 Å². The minimum absolute atomic E-state index is 0.515. The highest BCUT2D eigenvalue weighted by atomic mass is 15.1. The maximum absolute atomic E-state index is 4.37. The van der Waals surface area contributed by atoms with E-state index in [1.807, 2.05) is 20.0 Å². The van der Waals surface area contributed by atoms with E-state index in [0.717, 1.165) is 24.0 Å². The molecule has 1 aromatic rings. The lowest BCUT2D eigenvalue weighted by Crippen LogP contribution is -2.10. The zero-order valence-corrected chi connectivity index (χ0v) is 10.5. The summed E-state index contributed by atoms with van der Waals surface area (Å²) in [7, 11) is 1.84. The zero-order valence-electron chi connectivity index (χ0n) is 10.5. The van der Waals surface area contributed by atoms with Gasteiger partial charge in [-0.15, -0.1) is 0 Å². The first-order valence-corrected chi connectivity index (χ1v) is 5.78. The van der Waals surface area contributed by atoms with E-state index in [9.17, 15) is 0 Å². The normalized spacial score (nSPS) is 21.6. The van der Waals surface area contributed by atoms with Crippen LogP contribution in [-0.4, -0.2) is 23.6 Å². The van der Waals surface area contributed by atoms with Crippen molar-refractivity contribution >= 4 is 11.8 Å².